The van der Waals surface area contributed by atoms with Gasteiger partial charge in [-0.25, -0.2) is 4.39 Å². The van der Waals surface area contributed by atoms with E-state index >= 15 is 0 Å². The van der Waals surface area contributed by atoms with Crippen molar-refractivity contribution in [2.45, 2.75) is 58.2 Å². The second-order valence-electron chi connectivity index (χ2n) is 9.39. The molecule has 2 aromatic rings. The molecule has 0 heterocycles. The summed E-state index contributed by atoms with van der Waals surface area (Å²) in [5.74, 6) is 4.85. The van der Waals surface area contributed by atoms with Crippen LogP contribution in [0.4, 0.5) is 4.39 Å². The Morgan fingerprint density at radius 3 is 2.27 bits per heavy atom. The van der Waals surface area contributed by atoms with Gasteiger partial charge in [0.1, 0.15) is 12.4 Å². The third-order valence-corrected chi connectivity index (χ3v) is 7.45. The molecule has 0 saturated heterocycles. The molecule has 0 aromatic heterocycles. The molecule has 4 aliphatic rings. The van der Waals surface area contributed by atoms with Gasteiger partial charge in [0.2, 0.25) is 0 Å². The molecule has 4 heteroatoms. The summed E-state index contributed by atoms with van der Waals surface area (Å²) in [6.45, 7) is 3.50. The van der Waals surface area contributed by atoms with Gasteiger partial charge in [0, 0.05) is 23.7 Å². The molecule has 0 atom stereocenters. The van der Waals surface area contributed by atoms with Crippen LogP contribution >= 0.6 is 0 Å². The van der Waals surface area contributed by atoms with Gasteiger partial charge >= 0.3 is 0 Å². The fourth-order valence-electron chi connectivity index (χ4n) is 6.39. The average molecular weight is 410 g/mol. The smallest absolute Gasteiger partial charge is 0.166 e. The van der Waals surface area contributed by atoms with E-state index in [1.165, 1.54) is 38.2 Å². The van der Waals surface area contributed by atoms with E-state index in [0.717, 1.165) is 47.3 Å². The van der Waals surface area contributed by atoms with Crippen molar-refractivity contribution in [2.75, 3.05) is 6.61 Å². The van der Waals surface area contributed by atoms with Crippen LogP contribution in [0.5, 0.6) is 11.5 Å². The van der Waals surface area contributed by atoms with E-state index < -0.39 is 0 Å². The predicted octanol–water partition coefficient (Wildman–Crippen LogP) is 5.72. The van der Waals surface area contributed by atoms with Crippen molar-refractivity contribution in [1.29, 1.82) is 0 Å². The first-order chi connectivity index (χ1) is 14.7. The quantitative estimate of drug-likeness (QED) is 0.605. The molecule has 2 aromatic carbocycles. The van der Waals surface area contributed by atoms with Gasteiger partial charge in [-0.15, -0.1) is 0 Å². The molecule has 30 heavy (non-hydrogen) atoms. The Bertz CT molecular complexity index is 855. The minimum Gasteiger partial charge on any atom is -0.490 e. The Balaban J connectivity index is 1.31. The molecule has 3 nitrogen and oxygen atoms in total. The number of ether oxygens (including phenoxy) is 2. The zero-order valence-electron chi connectivity index (χ0n) is 17.8. The molecule has 0 aliphatic heterocycles. The predicted molar refractivity (Wildman–Crippen MR) is 116 cm³/mol. The highest BCUT2D eigenvalue weighted by atomic mass is 19.1. The third kappa shape index (κ3) is 3.94. The Hall–Kier alpha value is -2.07. The highest BCUT2D eigenvalue weighted by Crippen LogP contribution is 2.53. The van der Waals surface area contributed by atoms with Crippen LogP contribution < -0.4 is 14.8 Å². The number of halogens is 1. The van der Waals surface area contributed by atoms with E-state index in [-0.39, 0.29) is 12.4 Å². The Morgan fingerprint density at radius 2 is 1.57 bits per heavy atom. The van der Waals surface area contributed by atoms with Crippen molar-refractivity contribution in [3.63, 3.8) is 0 Å². The van der Waals surface area contributed by atoms with Crippen LogP contribution in [0.3, 0.4) is 0 Å². The first-order valence-electron chi connectivity index (χ1n) is 11.6. The van der Waals surface area contributed by atoms with E-state index in [2.05, 4.69) is 11.4 Å². The number of hydrogen-bond acceptors (Lipinski definition) is 3. The van der Waals surface area contributed by atoms with Crippen molar-refractivity contribution in [2.24, 2.45) is 23.7 Å². The molecular formula is C26H32FNO2. The molecule has 0 amide bonds. The third-order valence-electron chi connectivity index (χ3n) is 7.45. The average Bonchev–Trinajstić information content (AvgIpc) is 2.73. The summed E-state index contributed by atoms with van der Waals surface area (Å²) in [6.07, 6.45) is 7.09. The van der Waals surface area contributed by atoms with Crippen molar-refractivity contribution >= 4 is 0 Å². The molecule has 4 bridgehead atoms. The van der Waals surface area contributed by atoms with Crippen LogP contribution in [0.2, 0.25) is 0 Å². The topological polar surface area (TPSA) is 30.5 Å². The van der Waals surface area contributed by atoms with Crippen LogP contribution in [0.1, 0.15) is 50.2 Å². The van der Waals surface area contributed by atoms with E-state index in [1.54, 1.807) is 12.1 Å². The van der Waals surface area contributed by atoms with Crippen molar-refractivity contribution in [3.05, 3.63) is 59.4 Å². The van der Waals surface area contributed by atoms with Crippen LogP contribution in [0.25, 0.3) is 0 Å². The van der Waals surface area contributed by atoms with Gasteiger partial charge in [-0.05, 0) is 74.8 Å². The molecular weight excluding hydrogens is 377 g/mol. The zero-order valence-corrected chi connectivity index (χ0v) is 17.8. The Morgan fingerprint density at radius 1 is 0.867 bits per heavy atom. The fourth-order valence-corrected chi connectivity index (χ4v) is 6.39. The van der Waals surface area contributed by atoms with Crippen LogP contribution in [-0.4, -0.2) is 12.6 Å². The zero-order chi connectivity index (χ0) is 20.5. The summed E-state index contributed by atoms with van der Waals surface area (Å²) in [4.78, 5) is 0. The monoisotopic (exact) mass is 409 g/mol. The summed E-state index contributed by atoms with van der Waals surface area (Å²) in [5.41, 5.74) is 1.65. The molecule has 0 spiro atoms. The first-order valence-corrected chi connectivity index (χ1v) is 11.6. The summed E-state index contributed by atoms with van der Waals surface area (Å²) >= 11 is 0. The molecule has 160 valence electrons. The molecule has 0 radical (unpaired) electrons. The molecule has 4 saturated carbocycles. The van der Waals surface area contributed by atoms with Crippen LogP contribution in [0.15, 0.2) is 42.5 Å². The largest absolute Gasteiger partial charge is 0.490 e. The van der Waals surface area contributed by atoms with Gasteiger partial charge in [-0.1, -0.05) is 30.3 Å². The van der Waals surface area contributed by atoms with Crippen LogP contribution in [0, 0.1) is 29.5 Å². The van der Waals surface area contributed by atoms with E-state index in [4.69, 9.17) is 9.47 Å². The van der Waals surface area contributed by atoms with Gasteiger partial charge in [0.25, 0.3) is 0 Å². The number of nitrogens with one attached hydrogen (secondary N) is 1. The van der Waals surface area contributed by atoms with Crippen molar-refractivity contribution in [1.82, 2.24) is 5.32 Å². The number of rotatable bonds is 8. The molecule has 6 rings (SSSR count). The highest BCUT2D eigenvalue weighted by Gasteiger charge is 2.47. The summed E-state index contributed by atoms with van der Waals surface area (Å²) in [7, 11) is 0. The summed E-state index contributed by atoms with van der Waals surface area (Å²) in [5, 5.41) is 3.89. The lowest BCUT2D eigenvalue weighted by Crippen LogP contribution is -2.54. The lowest BCUT2D eigenvalue weighted by atomic mass is 9.54. The SMILES string of the molecule is CCOc1cccc(CNC2C3CC4CC(C3)CC2C4)c1OCc1ccccc1F. The number of hydrogen-bond donors (Lipinski definition) is 1. The van der Waals surface area contributed by atoms with Crippen LogP contribution in [-0.2, 0) is 13.2 Å². The fraction of sp³-hybridized carbons (Fsp3) is 0.538. The summed E-state index contributed by atoms with van der Waals surface area (Å²) in [6, 6.07) is 13.5. The maximum absolute atomic E-state index is 14.1. The maximum Gasteiger partial charge on any atom is 0.166 e. The summed E-state index contributed by atoms with van der Waals surface area (Å²) < 4.78 is 26.1. The second kappa shape index (κ2) is 8.58. The standard InChI is InChI=1S/C26H32FNO2/c1-2-29-24-9-5-7-19(26(24)30-16-20-6-3-4-8-23(20)27)15-28-25-21-11-17-10-18(13-21)14-22(25)12-17/h3-9,17-18,21-22,25,28H,2,10-16H2,1H3. The normalized spacial score (nSPS) is 29.2. The Labute approximate surface area is 179 Å². The highest BCUT2D eigenvalue weighted by molar-refractivity contribution is 5.47. The van der Waals surface area contributed by atoms with Gasteiger partial charge in [-0.2, -0.15) is 0 Å². The maximum atomic E-state index is 14.1. The van der Waals surface area contributed by atoms with Crippen molar-refractivity contribution in [3.8, 4) is 11.5 Å². The van der Waals surface area contributed by atoms with Crippen molar-refractivity contribution < 1.29 is 13.9 Å². The molecule has 0 unspecified atom stereocenters. The molecule has 4 aliphatic carbocycles. The number of benzene rings is 2. The van der Waals surface area contributed by atoms with Gasteiger partial charge < -0.3 is 14.8 Å². The first kappa shape index (κ1) is 19.9. The van der Waals surface area contributed by atoms with E-state index in [9.17, 15) is 4.39 Å². The lowest BCUT2D eigenvalue weighted by Gasteiger charge is -2.54. The van der Waals surface area contributed by atoms with E-state index in [1.807, 2.05) is 25.1 Å². The van der Waals surface area contributed by atoms with Gasteiger partial charge in [-0.3, -0.25) is 0 Å². The van der Waals surface area contributed by atoms with Gasteiger partial charge in [0.05, 0.1) is 6.61 Å². The van der Waals surface area contributed by atoms with Gasteiger partial charge in [0.15, 0.2) is 11.5 Å². The minimum absolute atomic E-state index is 0.196. The minimum atomic E-state index is -0.236. The Kier molecular flexibility index (Phi) is 5.68. The van der Waals surface area contributed by atoms with E-state index in [0.29, 0.717) is 18.2 Å². The lowest BCUT2D eigenvalue weighted by molar-refractivity contribution is -0.0143. The second-order valence-corrected chi connectivity index (χ2v) is 9.39. The molecule has 1 N–H and O–H groups in total. The number of para-hydroxylation sites is 1. The molecule has 4 fully saturated rings.